The summed E-state index contributed by atoms with van der Waals surface area (Å²) in [5, 5.41) is 8.40. The molecule has 2 aromatic heterocycles. The Bertz CT molecular complexity index is 987. The molecule has 24 heavy (non-hydrogen) atoms. The van der Waals surface area contributed by atoms with Crippen LogP contribution in [0.1, 0.15) is 10.6 Å². The van der Waals surface area contributed by atoms with Crippen molar-refractivity contribution in [3.63, 3.8) is 0 Å². The fraction of sp³-hybridized carbons (Fsp3) is 0.118. The van der Waals surface area contributed by atoms with Gasteiger partial charge >= 0.3 is 5.69 Å². The highest BCUT2D eigenvalue weighted by molar-refractivity contribution is 7.98. The lowest BCUT2D eigenvalue weighted by atomic mass is 10.2. The van der Waals surface area contributed by atoms with Crippen LogP contribution in [-0.2, 0) is 12.3 Å². The van der Waals surface area contributed by atoms with Gasteiger partial charge in [-0.3, -0.25) is 4.57 Å². The zero-order chi connectivity index (χ0) is 16.4. The molecule has 0 aliphatic rings. The van der Waals surface area contributed by atoms with Crippen LogP contribution < -0.4 is 5.69 Å². The third-order valence-corrected chi connectivity index (χ3v) is 5.78. The summed E-state index contributed by atoms with van der Waals surface area (Å²) in [4.78, 5) is 16.6. The lowest BCUT2D eigenvalue weighted by molar-refractivity contribution is 0.687. The van der Waals surface area contributed by atoms with Crippen molar-refractivity contribution in [3.8, 4) is 0 Å². The van der Waals surface area contributed by atoms with E-state index in [9.17, 15) is 4.79 Å². The maximum atomic E-state index is 12.0. The van der Waals surface area contributed by atoms with Gasteiger partial charge in [0.05, 0.1) is 22.5 Å². The van der Waals surface area contributed by atoms with Crippen molar-refractivity contribution >= 4 is 33.3 Å². The molecule has 7 heteroatoms. The molecule has 0 aliphatic carbocycles. The van der Waals surface area contributed by atoms with Gasteiger partial charge in [0.25, 0.3) is 0 Å². The van der Waals surface area contributed by atoms with Crippen LogP contribution in [0.3, 0.4) is 0 Å². The summed E-state index contributed by atoms with van der Waals surface area (Å²) in [6, 6.07) is 18.0. The fourth-order valence-corrected chi connectivity index (χ4v) is 4.33. The number of para-hydroxylation sites is 1. The van der Waals surface area contributed by atoms with Crippen LogP contribution in [0.25, 0.3) is 10.2 Å². The summed E-state index contributed by atoms with van der Waals surface area (Å²) in [7, 11) is 0. The number of thiazole rings is 1. The molecule has 2 heterocycles. The second-order valence-corrected chi connectivity index (χ2v) is 7.30. The number of nitrogens with zero attached hydrogens (tertiary/aromatic N) is 3. The van der Waals surface area contributed by atoms with E-state index < -0.39 is 0 Å². The second kappa shape index (κ2) is 6.62. The summed E-state index contributed by atoms with van der Waals surface area (Å²) < 4.78 is 2.84. The Morgan fingerprint density at radius 2 is 1.88 bits per heavy atom. The lowest BCUT2D eigenvalue weighted by Crippen LogP contribution is -2.18. The maximum Gasteiger partial charge on any atom is 0.344 e. The average Bonchev–Trinajstić information content (AvgIpc) is 3.18. The number of rotatable bonds is 5. The molecule has 0 fully saturated rings. The number of H-pyrrole nitrogens is 1. The molecule has 0 spiro atoms. The number of nitrogens with one attached hydrogen (secondary N) is 1. The number of fused-ring (bicyclic) bond motifs is 1. The first-order valence-corrected chi connectivity index (χ1v) is 9.26. The third kappa shape index (κ3) is 3.13. The molecule has 4 aromatic rings. The van der Waals surface area contributed by atoms with Gasteiger partial charge in [0.2, 0.25) is 0 Å². The van der Waals surface area contributed by atoms with E-state index in [4.69, 9.17) is 0 Å². The first-order chi connectivity index (χ1) is 11.8. The van der Waals surface area contributed by atoms with Crippen LogP contribution in [0.15, 0.2) is 64.5 Å². The molecule has 0 amide bonds. The highest BCUT2D eigenvalue weighted by Crippen LogP contribution is 2.27. The van der Waals surface area contributed by atoms with Crippen LogP contribution in [0.4, 0.5) is 0 Å². The number of thioether (sulfide) groups is 1. The van der Waals surface area contributed by atoms with Crippen molar-refractivity contribution in [2.75, 3.05) is 0 Å². The minimum absolute atomic E-state index is 0.189. The molecule has 0 unspecified atom stereocenters. The van der Waals surface area contributed by atoms with Crippen molar-refractivity contribution < 1.29 is 0 Å². The molecule has 120 valence electrons. The van der Waals surface area contributed by atoms with E-state index in [1.54, 1.807) is 15.9 Å². The molecule has 4 rings (SSSR count). The highest BCUT2D eigenvalue weighted by Gasteiger charge is 2.11. The Balaban J connectivity index is 1.53. The molecule has 0 radical (unpaired) electrons. The zero-order valence-corrected chi connectivity index (χ0v) is 14.3. The normalized spacial score (nSPS) is 11.2. The van der Waals surface area contributed by atoms with Gasteiger partial charge < -0.3 is 0 Å². The Morgan fingerprint density at radius 3 is 2.71 bits per heavy atom. The largest absolute Gasteiger partial charge is 0.344 e. The van der Waals surface area contributed by atoms with E-state index in [0.717, 1.165) is 16.1 Å². The summed E-state index contributed by atoms with van der Waals surface area (Å²) in [5.41, 5.74) is 1.90. The summed E-state index contributed by atoms with van der Waals surface area (Å²) in [5.74, 6) is 0.693. The van der Waals surface area contributed by atoms with Crippen LogP contribution in [-0.4, -0.2) is 19.7 Å². The van der Waals surface area contributed by atoms with E-state index in [1.165, 1.54) is 16.5 Å². The first-order valence-electron chi connectivity index (χ1n) is 7.46. The maximum absolute atomic E-state index is 12.0. The molecule has 0 saturated carbocycles. The Kier molecular flexibility index (Phi) is 4.18. The van der Waals surface area contributed by atoms with E-state index in [1.807, 2.05) is 48.5 Å². The van der Waals surface area contributed by atoms with Crippen molar-refractivity contribution in [1.82, 2.24) is 19.7 Å². The van der Waals surface area contributed by atoms with Gasteiger partial charge in [-0.05, 0) is 17.7 Å². The van der Waals surface area contributed by atoms with Crippen molar-refractivity contribution in [2.24, 2.45) is 0 Å². The van der Waals surface area contributed by atoms with E-state index in [2.05, 4.69) is 21.2 Å². The topological polar surface area (TPSA) is 63.6 Å². The van der Waals surface area contributed by atoms with Crippen molar-refractivity contribution in [3.05, 3.63) is 75.7 Å². The Labute approximate surface area is 146 Å². The van der Waals surface area contributed by atoms with Crippen LogP contribution >= 0.6 is 23.1 Å². The predicted molar refractivity (Wildman–Crippen MR) is 97.6 cm³/mol. The number of benzene rings is 2. The second-order valence-electron chi connectivity index (χ2n) is 5.25. The number of hydrogen-bond donors (Lipinski definition) is 1. The number of aromatic nitrogens is 4. The molecule has 0 atom stereocenters. The van der Waals surface area contributed by atoms with Gasteiger partial charge in [0.1, 0.15) is 5.01 Å². The fourth-order valence-electron chi connectivity index (χ4n) is 2.43. The molecular weight excluding hydrogens is 340 g/mol. The van der Waals surface area contributed by atoms with Gasteiger partial charge in [0.15, 0.2) is 5.16 Å². The van der Waals surface area contributed by atoms with Crippen molar-refractivity contribution in [1.29, 1.82) is 0 Å². The SMILES string of the molecule is O=c1[nH]nc(SCc2nc3ccccc3s2)n1Cc1ccccc1. The minimum atomic E-state index is -0.189. The number of aromatic amines is 1. The monoisotopic (exact) mass is 354 g/mol. The number of hydrogen-bond acceptors (Lipinski definition) is 5. The quantitative estimate of drug-likeness (QED) is 0.557. The molecule has 2 aromatic carbocycles. The van der Waals surface area contributed by atoms with Crippen LogP contribution in [0.5, 0.6) is 0 Å². The summed E-state index contributed by atoms with van der Waals surface area (Å²) >= 11 is 3.20. The third-order valence-electron chi connectivity index (χ3n) is 3.57. The molecule has 5 nitrogen and oxygen atoms in total. The molecular formula is C17H14N4OS2. The van der Waals surface area contributed by atoms with Gasteiger partial charge in [-0.1, -0.05) is 54.2 Å². The summed E-state index contributed by atoms with van der Waals surface area (Å²) in [6.45, 7) is 0.512. The Morgan fingerprint density at radius 1 is 1.08 bits per heavy atom. The average molecular weight is 354 g/mol. The molecule has 0 aliphatic heterocycles. The highest BCUT2D eigenvalue weighted by atomic mass is 32.2. The van der Waals surface area contributed by atoms with Gasteiger partial charge in [-0.2, -0.15) is 0 Å². The van der Waals surface area contributed by atoms with Crippen LogP contribution in [0.2, 0.25) is 0 Å². The minimum Gasteiger partial charge on any atom is -0.266 e. The predicted octanol–water partition coefficient (Wildman–Crippen LogP) is 3.52. The zero-order valence-electron chi connectivity index (χ0n) is 12.7. The standard InChI is InChI=1S/C17H14N4OS2/c22-16-19-20-17(21(16)10-12-6-2-1-3-7-12)23-11-15-18-13-8-4-5-9-14(13)24-15/h1-9H,10-11H2,(H,19,22). The van der Waals surface area contributed by atoms with Crippen LogP contribution in [0, 0.1) is 0 Å². The van der Waals surface area contributed by atoms with Gasteiger partial charge in [-0.25, -0.2) is 14.9 Å². The summed E-state index contributed by atoms with van der Waals surface area (Å²) in [6.07, 6.45) is 0. The van der Waals surface area contributed by atoms with Gasteiger partial charge in [0, 0.05) is 0 Å². The Hall–Kier alpha value is -2.38. The van der Waals surface area contributed by atoms with Gasteiger partial charge in [-0.15, -0.1) is 16.4 Å². The molecule has 1 N–H and O–H groups in total. The van der Waals surface area contributed by atoms with E-state index >= 15 is 0 Å². The van der Waals surface area contributed by atoms with E-state index in [0.29, 0.717) is 17.5 Å². The first kappa shape index (κ1) is 15.2. The van der Waals surface area contributed by atoms with E-state index in [-0.39, 0.29) is 5.69 Å². The molecule has 0 saturated heterocycles. The lowest BCUT2D eigenvalue weighted by Gasteiger charge is -2.04. The van der Waals surface area contributed by atoms with Crippen molar-refractivity contribution in [2.45, 2.75) is 17.5 Å². The smallest absolute Gasteiger partial charge is 0.266 e. The molecule has 0 bridgehead atoms.